The van der Waals surface area contributed by atoms with Crippen LogP contribution in [0.1, 0.15) is 6.92 Å². The van der Waals surface area contributed by atoms with Gasteiger partial charge in [-0.15, -0.1) is 11.6 Å². The first-order valence-corrected chi connectivity index (χ1v) is 2.98. The Morgan fingerprint density at radius 2 is 2.38 bits per heavy atom. The van der Waals surface area contributed by atoms with Gasteiger partial charge >= 0.3 is 0 Å². The summed E-state index contributed by atoms with van der Waals surface area (Å²) in [5, 5.41) is 0. The number of rotatable bonds is 2. The maximum Gasteiger partial charge on any atom is 0.0471 e. The third-order valence-corrected chi connectivity index (χ3v) is 1.14. The SMILES string of the molecule is C/C=C(\C=C/N)CCl. The van der Waals surface area contributed by atoms with Crippen molar-refractivity contribution in [3.8, 4) is 0 Å². The molecule has 0 atom stereocenters. The van der Waals surface area contributed by atoms with E-state index >= 15 is 0 Å². The molecule has 2 heteroatoms. The summed E-state index contributed by atoms with van der Waals surface area (Å²) >= 11 is 5.47. The van der Waals surface area contributed by atoms with Crippen molar-refractivity contribution in [1.82, 2.24) is 0 Å². The second kappa shape index (κ2) is 4.72. The fourth-order valence-corrected chi connectivity index (χ4v) is 0.585. The molecule has 0 spiro atoms. The minimum absolute atomic E-state index is 0.532. The van der Waals surface area contributed by atoms with Gasteiger partial charge in [0.1, 0.15) is 0 Å². The number of nitrogens with two attached hydrogens (primary N) is 1. The molecule has 0 rings (SSSR count). The molecule has 8 heavy (non-hydrogen) atoms. The predicted molar refractivity (Wildman–Crippen MR) is 37.8 cm³/mol. The lowest BCUT2D eigenvalue weighted by atomic mass is 10.3. The van der Waals surface area contributed by atoms with E-state index in [-0.39, 0.29) is 0 Å². The van der Waals surface area contributed by atoms with E-state index in [1.54, 1.807) is 6.08 Å². The molecule has 0 fully saturated rings. The van der Waals surface area contributed by atoms with Gasteiger partial charge in [0.15, 0.2) is 0 Å². The topological polar surface area (TPSA) is 26.0 Å². The average molecular weight is 132 g/mol. The molecular formula is C6H10ClN. The third kappa shape index (κ3) is 2.69. The molecule has 0 aliphatic heterocycles. The molecule has 0 amide bonds. The molecule has 0 aromatic rings. The Balaban J connectivity index is 3.72. The highest BCUT2D eigenvalue weighted by molar-refractivity contribution is 6.19. The van der Waals surface area contributed by atoms with E-state index in [4.69, 9.17) is 17.3 Å². The zero-order valence-electron chi connectivity index (χ0n) is 4.89. The standard InChI is InChI=1S/C6H10ClN/c1-2-6(5-7)3-4-8/h2-4H,5,8H2,1H3/b4-3-,6-2+. The molecule has 0 aromatic heterocycles. The minimum Gasteiger partial charge on any atom is -0.405 e. The fourth-order valence-electron chi connectivity index (χ4n) is 0.342. The van der Waals surface area contributed by atoms with Crippen LogP contribution in [-0.2, 0) is 0 Å². The van der Waals surface area contributed by atoms with Gasteiger partial charge in [0.2, 0.25) is 0 Å². The normalized spacial score (nSPS) is 13.0. The van der Waals surface area contributed by atoms with Crippen LogP contribution < -0.4 is 5.73 Å². The van der Waals surface area contributed by atoms with Crippen molar-refractivity contribution in [1.29, 1.82) is 0 Å². The zero-order valence-corrected chi connectivity index (χ0v) is 5.65. The van der Waals surface area contributed by atoms with Crippen molar-refractivity contribution >= 4 is 11.6 Å². The van der Waals surface area contributed by atoms with Crippen LogP contribution in [0.3, 0.4) is 0 Å². The van der Waals surface area contributed by atoms with Gasteiger partial charge in [0.25, 0.3) is 0 Å². The van der Waals surface area contributed by atoms with Crippen LogP contribution in [0.4, 0.5) is 0 Å². The van der Waals surface area contributed by atoms with Crippen LogP contribution in [0.2, 0.25) is 0 Å². The number of hydrogen-bond acceptors (Lipinski definition) is 1. The lowest BCUT2D eigenvalue weighted by molar-refractivity contribution is 1.45. The Morgan fingerprint density at radius 1 is 1.75 bits per heavy atom. The second-order valence-corrected chi connectivity index (χ2v) is 1.62. The Bertz CT molecular complexity index is 102. The first-order valence-electron chi connectivity index (χ1n) is 2.44. The summed E-state index contributed by atoms with van der Waals surface area (Å²) in [4.78, 5) is 0. The van der Waals surface area contributed by atoms with Crippen LogP contribution in [0.25, 0.3) is 0 Å². The fraction of sp³-hybridized carbons (Fsp3) is 0.333. The summed E-state index contributed by atoms with van der Waals surface area (Å²) in [5.41, 5.74) is 6.15. The van der Waals surface area contributed by atoms with E-state index in [2.05, 4.69) is 0 Å². The molecule has 0 aliphatic carbocycles. The molecule has 0 heterocycles. The van der Waals surface area contributed by atoms with E-state index in [9.17, 15) is 0 Å². The number of alkyl halides is 1. The van der Waals surface area contributed by atoms with Gasteiger partial charge in [-0.05, 0) is 24.8 Å². The molecule has 0 saturated heterocycles. The highest BCUT2D eigenvalue weighted by atomic mass is 35.5. The Morgan fingerprint density at radius 3 is 2.50 bits per heavy atom. The van der Waals surface area contributed by atoms with Gasteiger partial charge < -0.3 is 5.73 Å². The van der Waals surface area contributed by atoms with Crippen molar-refractivity contribution < 1.29 is 0 Å². The lowest BCUT2D eigenvalue weighted by Gasteiger charge is -1.88. The summed E-state index contributed by atoms with van der Waals surface area (Å²) in [7, 11) is 0. The molecular weight excluding hydrogens is 122 g/mol. The maximum atomic E-state index is 5.47. The largest absolute Gasteiger partial charge is 0.405 e. The van der Waals surface area contributed by atoms with Crippen LogP contribution in [0, 0.1) is 0 Å². The van der Waals surface area contributed by atoms with Crippen molar-refractivity contribution in [3.63, 3.8) is 0 Å². The number of halogens is 1. The molecule has 0 saturated carbocycles. The van der Waals surface area contributed by atoms with Gasteiger partial charge in [-0.2, -0.15) is 0 Å². The summed E-state index contributed by atoms with van der Waals surface area (Å²) in [5.74, 6) is 0.532. The summed E-state index contributed by atoms with van der Waals surface area (Å²) in [6.45, 7) is 1.93. The minimum atomic E-state index is 0.532. The number of allylic oxidation sites excluding steroid dienone is 3. The van der Waals surface area contributed by atoms with Gasteiger partial charge in [-0.3, -0.25) is 0 Å². The van der Waals surface area contributed by atoms with Gasteiger partial charge in [0, 0.05) is 5.88 Å². The third-order valence-electron chi connectivity index (χ3n) is 0.835. The monoisotopic (exact) mass is 131 g/mol. The van der Waals surface area contributed by atoms with Crippen molar-refractivity contribution in [2.24, 2.45) is 5.73 Å². The van der Waals surface area contributed by atoms with Crippen molar-refractivity contribution in [2.75, 3.05) is 5.88 Å². The van der Waals surface area contributed by atoms with Crippen LogP contribution in [0.5, 0.6) is 0 Å². The molecule has 0 aromatic carbocycles. The lowest BCUT2D eigenvalue weighted by Crippen LogP contribution is -1.81. The van der Waals surface area contributed by atoms with Crippen molar-refractivity contribution in [2.45, 2.75) is 6.92 Å². The first kappa shape index (κ1) is 7.57. The first-order chi connectivity index (χ1) is 3.85. The number of hydrogen-bond donors (Lipinski definition) is 1. The van der Waals surface area contributed by atoms with Gasteiger partial charge in [-0.25, -0.2) is 0 Å². The van der Waals surface area contributed by atoms with Crippen LogP contribution in [-0.4, -0.2) is 5.88 Å². The molecule has 0 unspecified atom stereocenters. The molecule has 0 bridgehead atoms. The van der Waals surface area contributed by atoms with Crippen LogP contribution in [0.15, 0.2) is 23.9 Å². The zero-order chi connectivity index (χ0) is 6.41. The molecule has 2 N–H and O–H groups in total. The second-order valence-electron chi connectivity index (χ2n) is 1.36. The molecule has 1 nitrogen and oxygen atoms in total. The van der Waals surface area contributed by atoms with E-state index in [1.165, 1.54) is 6.20 Å². The van der Waals surface area contributed by atoms with Gasteiger partial charge in [-0.1, -0.05) is 6.08 Å². The Labute approximate surface area is 54.8 Å². The van der Waals surface area contributed by atoms with E-state index < -0.39 is 0 Å². The maximum absolute atomic E-state index is 5.47. The Kier molecular flexibility index (Phi) is 4.47. The average Bonchev–Trinajstić information content (AvgIpc) is 1.83. The summed E-state index contributed by atoms with van der Waals surface area (Å²) < 4.78 is 0. The van der Waals surface area contributed by atoms with Crippen molar-refractivity contribution in [3.05, 3.63) is 23.9 Å². The van der Waals surface area contributed by atoms with E-state index in [1.807, 2.05) is 13.0 Å². The highest BCUT2D eigenvalue weighted by Crippen LogP contribution is 1.96. The van der Waals surface area contributed by atoms with E-state index in [0.717, 1.165) is 5.57 Å². The quantitative estimate of drug-likeness (QED) is 0.448. The molecule has 46 valence electrons. The smallest absolute Gasteiger partial charge is 0.0471 e. The predicted octanol–water partition coefficient (Wildman–Crippen LogP) is 1.64. The van der Waals surface area contributed by atoms with Crippen LogP contribution >= 0.6 is 11.6 Å². The van der Waals surface area contributed by atoms with E-state index in [0.29, 0.717) is 5.88 Å². The molecule has 0 aliphatic rings. The highest BCUT2D eigenvalue weighted by Gasteiger charge is 1.81. The summed E-state index contributed by atoms with van der Waals surface area (Å²) in [6, 6.07) is 0. The van der Waals surface area contributed by atoms with Gasteiger partial charge in [0.05, 0.1) is 0 Å². The molecule has 0 radical (unpaired) electrons. The summed E-state index contributed by atoms with van der Waals surface area (Å²) in [6.07, 6.45) is 5.20. The Hall–Kier alpha value is -0.430.